The number of para-hydroxylation sites is 1. The van der Waals surface area contributed by atoms with Crippen molar-refractivity contribution in [1.82, 2.24) is 9.80 Å². The molecule has 0 N–H and O–H groups in total. The number of fused-ring (bicyclic) bond motifs is 1. The molecule has 27 heavy (non-hydrogen) atoms. The third kappa shape index (κ3) is 3.92. The zero-order chi connectivity index (χ0) is 19.8. The molecule has 9 heteroatoms. The van der Waals surface area contributed by atoms with Gasteiger partial charge in [-0.2, -0.15) is 8.78 Å². The monoisotopic (exact) mass is 387 g/mol. The molecular formula is C18H21F4N3O2. The first-order valence-corrected chi connectivity index (χ1v) is 8.75. The molecule has 3 rings (SSSR count). The van der Waals surface area contributed by atoms with E-state index in [0.29, 0.717) is 12.1 Å². The zero-order valence-electron chi connectivity index (χ0n) is 14.9. The van der Waals surface area contributed by atoms with E-state index >= 15 is 0 Å². The Morgan fingerprint density at radius 2 is 1.78 bits per heavy atom. The molecule has 0 radical (unpaired) electrons. The van der Waals surface area contributed by atoms with Crippen LogP contribution in [-0.4, -0.2) is 72.7 Å². The number of benzene rings is 1. The number of nitrogens with zero attached hydrogens (tertiary/aromatic N) is 3. The second-order valence-electron chi connectivity index (χ2n) is 6.90. The molecule has 0 aromatic heterocycles. The summed E-state index contributed by atoms with van der Waals surface area (Å²) in [4.78, 5) is 29.2. The van der Waals surface area contributed by atoms with Crippen molar-refractivity contribution in [3.63, 3.8) is 0 Å². The molecule has 2 aliphatic rings. The van der Waals surface area contributed by atoms with Gasteiger partial charge in [-0.3, -0.25) is 19.4 Å². The van der Waals surface area contributed by atoms with Crippen LogP contribution in [0.25, 0.3) is 0 Å². The van der Waals surface area contributed by atoms with E-state index in [0.717, 1.165) is 5.56 Å². The SMILES string of the molecule is CC(=O)N1c2ccccc2C[C@H]1C(=O)N1CCN(CC(F)(F)C(F)F)CC1. The van der Waals surface area contributed by atoms with Gasteiger partial charge in [0.15, 0.2) is 0 Å². The molecule has 1 aromatic rings. The molecule has 0 unspecified atom stereocenters. The fourth-order valence-corrected chi connectivity index (χ4v) is 3.68. The largest absolute Gasteiger partial charge is 0.338 e. The summed E-state index contributed by atoms with van der Waals surface area (Å²) in [6.07, 6.45) is -3.31. The van der Waals surface area contributed by atoms with Gasteiger partial charge in [-0.15, -0.1) is 0 Å². The summed E-state index contributed by atoms with van der Waals surface area (Å²) < 4.78 is 51.1. The van der Waals surface area contributed by atoms with Crippen LogP contribution in [0.3, 0.4) is 0 Å². The molecule has 0 bridgehead atoms. The van der Waals surface area contributed by atoms with Crippen LogP contribution in [0.4, 0.5) is 23.2 Å². The highest BCUT2D eigenvalue weighted by molar-refractivity contribution is 6.02. The summed E-state index contributed by atoms with van der Waals surface area (Å²) in [5.41, 5.74) is 1.61. The van der Waals surface area contributed by atoms with Crippen molar-refractivity contribution in [3.05, 3.63) is 29.8 Å². The minimum atomic E-state index is -4.06. The molecule has 2 heterocycles. The average Bonchev–Trinajstić information content (AvgIpc) is 3.01. The van der Waals surface area contributed by atoms with Gasteiger partial charge in [0.25, 0.3) is 0 Å². The van der Waals surface area contributed by atoms with E-state index in [1.165, 1.54) is 21.6 Å². The quantitative estimate of drug-likeness (QED) is 0.743. The van der Waals surface area contributed by atoms with Crippen molar-refractivity contribution in [2.75, 3.05) is 37.6 Å². The first-order chi connectivity index (χ1) is 12.7. The fraction of sp³-hybridized carbons (Fsp3) is 0.556. The zero-order valence-corrected chi connectivity index (χ0v) is 14.9. The Hall–Kier alpha value is -2.16. The van der Waals surface area contributed by atoms with Crippen LogP contribution in [0.1, 0.15) is 12.5 Å². The predicted octanol–water partition coefficient (Wildman–Crippen LogP) is 2.01. The summed E-state index contributed by atoms with van der Waals surface area (Å²) >= 11 is 0. The van der Waals surface area contributed by atoms with Gasteiger partial charge in [-0.1, -0.05) is 18.2 Å². The van der Waals surface area contributed by atoms with Gasteiger partial charge in [-0.05, 0) is 11.6 Å². The first kappa shape index (κ1) is 19.6. The van der Waals surface area contributed by atoms with Crippen molar-refractivity contribution in [1.29, 1.82) is 0 Å². The average molecular weight is 387 g/mol. The summed E-state index contributed by atoms with van der Waals surface area (Å²) in [7, 11) is 0. The summed E-state index contributed by atoms with van der Waals surface area (Å²) in [5, 5.41) is 0. The van der Waals surface area contributed by atoms with Gasteiger partial charge >= 0.3 is 12.3 Å². The molecule has 148 valence electrons. The number of piperazine rings is 1. The maximum atomic E-state index is 13.2. The Balaban J connectivity index is 1.64. The number of alkyl halides is 4. The van der Waals surface area contributed by atoms with Crippen molar-refractivity contribution in [3.8, 4) is 0 Å². The Kier molecular flexibility index (Phi) is 5.41. The van der Waals surface area contributed by atoms with Crippen molar-refractivity contribution in [2.45, 2.75) is 31.7 Å². The Morgan fingerprint density at radius 1 is 1.15 bits per heavy atom. The van der Waals surface area contributed by atoms with Crippen LogP contribution in [0.15, 0.2) is 24.3 Å². The normalized spacial score (nSPS) is 20.9. The van der Waals surface area contributed by atoms with E-state index in [-0.39, 0.29) is 38.0 Å². The predicted molar refractivity (Wildman–Crippen MR) is 91.1 cm³/mol. The number of hydrogen-bond donors (Lipinski definition) is 0. The van der Waals surface area contributed by atoms with Gasteiger partial charge in [0.2, 0.25) is 11.8 Å². The molecule has 1 atom stereocenters. The van der Waals surface area contributed by atoms with Crippen LogP contribution < -0.4 is 4.90 Å². The van der Waals surface area contributed by atoms with Gasteiger partial charge in [0, 0.05) is 45.2 Å². The summed E-state index contributed by atoms with van der Waals surface area (Å²) in [6.45, 7) is 0.878. The van der Waals surface area contributed by atoms with E-state index in [2.05, 4.69) is 0 Å². The first-order valence-electron chi connectivity index (χ1n) is 8.75. The van der Waals surface area contributed by atoms with Crippen LogP contribution in [-0.2, 0) is 16.0 Å². The smallest absolute Gasteiger partial charge is 0.319 e. The lowest BCUT2D eigenvalue weighted by Crippen LogP contribution is -2.56. The standard InChI is InChI=1S/C18H21F4N3O2/c1-12(26)25-14-5-3-2-4-13(14)10-15(25)16(27)24-8-6-23(7-9-24)11-18(21,22)17(19)20/h2-5,15,17H,6-11H2,1H3/t15-/m0/s1. The number of carbonyl (C=O) groups excluding carboxylic acids is 2. The van der Waals surface area contributed by atoms with Crippen LogP contribution >= 0.6 is 0 Å². The number of rotatable bonds is 4. The molecule has 1 saturated heterocycles. The molecule has 1 fully saturated rings. The van der Waals surface area contributed by atoms with E-state index in [9.17, 15) is 27.2 Å². The van der Waals surface area contributed by atoms with Gasteiger partial charge in [0.05, 0.1) is 6.54 Å². The number of amides is 2. The molecule has 0 saturated carbocycles. The number of anilines is 1. The number of carbonyl (C=O) groups is 2. The van der Waals surface area contributed by atoms with Crippen molar-refractivity contribution < 1.29 is 27.2 Å². The molecule has 2 amide bonds. The van der Waals surface area contributed by atoms with E-state index in [4.69, 9.17) is 0 Å². The van der Waals surface area contributed by atoms with Gasteiger partial charge in [0.1, 0.15) is 6.04 Å². The summed E-state index contributed by atoms with van der Waals surface area (Å²) in [6, 6.07) is 6.63. The number of hydrogen-bond acceptors (Lipinski definition) is 3. The minimum absolute atomic E-state index is 0.0911. The van der Waals surface area contributed by atoms with Crippen LogP contribution in [0, 0.1) is 0 Å². The third-order valence-corrected chi connectivity index (χ3v) is 5.04. The van der Waals surface area contributed by atoms with E-state index in [1.807, 2.05) is 12.1 Å². The number of halogens is 4. The topological polar surface area (TPSA) is 43.9 Å². The lowest BCUT2D eigenvalue weighted by atomic mass is 10.1. The minimum Gasteiger partial charge on any atom is -0.338 e. The van der Waals surface area contributed by atoms with Crippen LogP contribution in [0.2, 0.25) is 0 Å². The Bertz CT molecular complexity index is 720. The maximum absolute atomic E-state index is 13.2. The highest BCUT2D eigenvalue weighted by atomic mass is 19.3. The fourth-order valence-electron chi connectivity index (χ4n) is 3.68. The highest BCUT2D eigenvalue weighted by Crippen LogP contribution is 2.33. The molecule has 5 nitrogen and oxygen atoms in total. The highest BCUT2D eigenvalue weighted by Gasteiger charge is 2.44. The van der Waals surface area contributed by atoms with Gasteiger partial charge < -0.3 is 4.90 Å². The lowest BCUT2D eigenvalue weighted by Gasteiger charge is -2.38. The Labute approximate surface area is 154 Å². The molecule has 2 aliphatic heterocycles. The molecular weight excluding hydrogens is 366 g/mol. The van der Waals surface area contributed by atoms with Crippen molar-refractivity contribution in [2.24, 2.45) is 0 Å². The molecule has 1 aromatic carbocycles. The van der Waals surface area contributed by atoms with E-state index < -0.39 is 24.9 Å². The van der Waals surface area contributed by atoms with Crippen molar-refractivity contribution >= 4 is 17.5 Å². The second-order valence-corrected chi connectivity index (χ2v) is 6.90. The van der Waals surface area contributed by atoms with E-state index in [1.54, 1.807) is 12.1 Å². The van der Waals surface area contributed by atoms with Gasteiger partial charge in [-0.25, -0.2) is 8.78 Å². The maximum Gasteiger partial charge on any atom is 0.319 e. The molecule has 0 spiro atoms. The molecule has 0 aliphatic carbocycles. The third-order valence-electron chi connectivity index (χ3n) is 5.04. The lowest BCUT2D eigenvalue weighted by molar-refractivity contribution is -0.148. The van der Waals surface area contributed by atoms with Crippen LogP contribution in [0.5, 0.6) is 0 Å². The summed E-state index contributed by atoms with van der Waals surface area (Å²) in [5.74, 6) is -4.56. The Morgan fingerprint density at radius 3 is 2.37 bits per heavy atom. The second kappa shape index (κ2) is 7.46.